The number of nitrogens with zero attached hydrogens (tertiary/aromatic N) is 2. The van der Waals surface area contributed by atoms with Crippen LogP contribution in [-0.2, 0) is 16.4 Å². The maximum atomic E-state index is 12.7. The van der Waals surface area contributed by atoms with Crippen LogP contribution in [-0.4, -0.2) is 39.3 Å². The van der Waals surface area contributed by atoms with Crippen molar-refractivity contribution in [2.75, 3.05) is 18.8 Å². The van der Waals surface area contributed by atoms with E-state index in [0.29, 0.717) is 12.1 Å². The van der Waals surface area contributed by atoms with Crippen LogP contribution >= 0.6 is 0 Å². The highest BCUT2D eigenvalue weighted by molar-refractivity contribution is 7.92. The van der Waals surface area contributed by atoms with E-state index in [0.717, 1.165) is 22.4 Å². The van der Waals surface area contributed by atoms with Crippen LogP contribution in [0.4, 0.5) is 5.69 Å². The fourth-order valence-electron chi connectivity index (χ4n) is 3.16. The summed E-state index contributed by atoms with van der Waals surface area (Å²) in [5.74, 6) is 0.808. The molecule has 0 saturated heterocycles. The van der Waals surface area contributed by atoms with Gasteiger partial charge in [0.1, 0.15) is 11.4 Å². The van der Waals surface area contributed by atoms with Gasteiger partial charge in [-0.25, -0.2) is 8.42 Å². The molecule has 0 aromatic heterocycles. The van der Waals surface area contributed by atoms with Gasteiger partial charge in [0.2, 0.25) is 0 Å². The van der Waals surface area contributed by atoms with Crippen LogP contribution in [0.15, 0.2) is 46.4 Å². The molecule has 1 N–H and O–H groups in total. The van der Waals surface area contributed by atoms with Crippen LogP contribution in [0, 0.1) is 13.8 Å². The van der Waals surface area contributed by atoms with E-state index >= 15 is 0 Å². The van der Waals surface area contributed by atoms with Gasteiger partial charge >= 0.3 is 0 Å². The average Bonchev–Trinajstić information content (AvgIpc) is 2.97. The molecule has 0 spiro atoms. The first kappa shape index (κ1) is 19.2. The van der Waals surface area contributed by atoms with Gasteiger partial charge in [0.15, 0.2) is 0 Å². The first-order valence-corrected chi connectivity index (χ1v) is 10.2. The molecular weight excluding hydrogens is 362 g/mol. The first-order valence-electron chi connectivity index (χ1n) is 8.74. The fraction of sp³-hybridized carbons (Fsp3) is 0.350. The van der Waals surface area contributed by atoms with Gasteiger partial charge in [0.05, 0.1) is 16.8 Å². The molecule has 2 aromatic carbocycles. The summed E-state index contributed by atoms with van der Waals surface area (Å²) in [6.07, 6.45) is 2.42. The third-order valence-corrected chi connectivity index (χ3v) is 5.95. The van der Waals surface area contributed by atoms with Crippen molar-refractivity contribution < 1.29 is 13.2 Å². The Hall–Kier alpha value is -2.54. The van der Waals surface area contributed by atoms with E-state index < -0.39 is 15.6 Å². The lowest BCUT2D eigenvalue weighted by Gasteiger charge is -2.19. The molecule has 27 heavy (non-hydrogen) atoms. The van der Waals surface area contributed by atoms with Gasteiger partial charge in [-0.15, -0.1) is 0 Å². The Bertz CT molecular complexity index is 985. The minimum absolute atomic E-state index is 0.238. The third kappa shape index (κ3) is 3.93. The zero-order valence-corrected chi connectivity index (χ0v) is 17.1. The predicted molar refractivity (Wildman–Crippen MR) is 108 cm³/mol. The Morgan fingerprint density at radius 1 is 1.22 bits per heavy atom. The summed E-state index contributed by atoms with van der Waals surface area (Å²) in [6.45, 7) is 5.82. The van der Waals surface area contributed by atoms with Crippen molar-refractivity contribution in [1.82, 2.24) is 5.01 Å². The smallest absolute Gasteiger partial charge is 0.261 e. The number of aryl methyl sites for hydroxylation is 1. The fourth-order valence-corrected chi connectivity index (χ4v) is 4.29. The Labute approximate surface area is 160 Å². The number of benzene rings is 2. The highest BCUT2D eigenvalue weighted by Crippen LogP contribution is 2.42. The van der Waals surface area contributed by atoms with Crippen molar-refractivity contribution in [2.24, 2.45) is 5.10 Å². The lowest BCUT2D eigenvalue weighted by atomic mass is 9.95. The first-order chi connectivity index (χ1) is 12.6. The second-order valence-electron chi connectivity index (χ2n) is 7.28. The maximum Gasteiger partial charge on any atom is 0.261 e. The molecule has 2 aromatic rings. The minimum Gasteiger partial charge on any atom is -0.481 e. The molecular formula is C20H25N3O3S. The van der Waals surface area contributed by atoms with Gasteiger partial charge in [-0.05, 0) is 50.1 Å². The van der Waals surface area contributed by atoms with E-state index in [2.05, 4.69) is 9.82 Å². The van der Waals surface area contributed by atoms with Crippen LogP contribution < -0.4 is 9.46 Å². The molecule has 0 aliphatic carbocycles. The molecule has 0 saturated carbocycles. The summed E-state index contributed by atoms with van der Waals surface area (Å²) >= 11 is 0. The quantitative estimate of drug-likeness (QED) is 0.631. The Morgan fingerprint density at radius 3 is 2.52 bits per heavy atom. The van der Waals surface area contributed by atoms with Crippen molar-refractivity contribution in [2.45, 2.75) is 37.7 Å². The summed E-state index contributed by atoms with van der Waals surface area (Å²) in [4.78, 5) is 0.238. The number of hydrogen-bond donors (Lipinski definition) is 1. The highest BCUT2D eigenvalue weighted by atomic mass is 32.2. The van der Waals surface area contributed by atoms with Crippen LogP contribution in [0.5, 0.6) is 5.75 Å². The number of fused-ring (bicyclic) bond motifs is 1. The summed E-state index contributed by atoms with van der Waals surface area (Å²) < 4.78 is 34.3. The molecule has 1 atom stereocenters. The summed E-state index contributed by atoms with van der Waals surface area (Å²) in [6, 6.07) is 10.2. The van der Waals surface area contributed by atoms with Crippen molar-refractivity contribution in [3.8, 4) is 5.75 Å². The number of hydrogen-bond acceptors (Lipinski definition) is 5. The van der Waals surface area contributed by atoms with Crippen LogP contribution in [0.2, 0.25) is 0 Å². The lowest BCUT2D eigenvalue weighted by Crippen LogP contribution is -2.33. The Morgan fingerprint density at radius 2 is 1.89 bits per heavy atom. The SMILES string of the molecule is Cc1cc(NS(=O)(=O)c2ccccc2)c(C)c2c1OC(C)(/C=N/N(C)C)C2. The number of rotatable bonds is 5. The topological polar surface area (TPSA) is 71.0 Å². The van der Waals surface area contributed by atoms with Crippen molar-refractivity contribution in [1.29, 1.82) is 0 Å². The van der Waals surface area contributed by atoms with E-state index in [1.165, 1.54) is 0 Å². The van der Waals surface area contributed by atoms with Gasteiger partial charge in [0, 0.05) is 26.1 Å². The molecule has 144 valence electrons. The summed E-state index contributed by atoms with van der Waals surface area (Å²) in [5.41, 5.74) is 2.79. The Balaban J connectivity index is 1.96. The number of hydrazone groups is 1. The monoisotopic (exact) mass is 387 g/mol. The molecule has 6 nitrogen and oxygen atoms in total. The van der Waals surface area contributed by atoms with E-state index in [4.69, 9.17) is 4.74 Å². The third-order valence-electron chi connectivity index (χ3n) is 4.57. The zero-order valence-electron chi connectivity index (χ0n) is 16.3. The molecule has 0 bridgehead atoms. The number of sulfonamides is 1. The number of ether oxygens (including phenoxy) is 1. The maximum absolute atomic E-state index is 12.7. The number of nitrogens with one attached hydrogen (secondary N) is 1. The molecule has 1 aliphatic rings. The molecule has 0 fully saturated rings. The van der Waals surface area contributed by atoms with Gasteiger partial charge in [-0.3, -0.25) is 4.72 Å². The van der Waals surface area contributed by atoms with Crippen molar-refractivity contribution >= 4 is 21.9 Å². The largest absolute Gasteiger partial charge is 0.481 e. The van der Waals surface area contributed by atoms with Gasteiger partial charge in [-0.1, -0.05) is 18.2 Å². The van der Waals surface area contributed by atoms with E-state index in [-0.39, 0.29) is 4.90 Å². The number of anilines is 1. The van der Waals surface area contributed by atoms with E-state index in [1.54, 1.807) is 41.6 Å². The molecule has 1 unspecified atom stereocenters. The summed E-state index contributed by atoms with van der Waals surface area (Å²) in [5, 5.41) is 6.03. The second-order valence-corrected chi connectivity index (χ2v) is 8.96. The average molecular weight is 388 g/mol. The predicted octanol–water partition coefficient (Wildman–Crippen LogP) is 3.35. The summed E-state index contributed by atoms with van der Waals surface area (Å²) in [7, 11) is 0.0681. The lowest BCUT2D eigenvalue weighted by molar-refractivity contribution is 0.194. The standard InChI is InChI=1S/C20H25N3O3S/c1-14-11-18(22-27(24,25)16-9-7-6-8-10-16)15(2)17-12-20(3,26-19(14)17)13-21-23(4)5/h6-11,13,22H,12H2,1-5H3/b21-13+. The van der Waals surface area contributed by atoms with E-state index in [9.17, 15) is 8.42 Å². The molecule has 0 amide bonds. The molecule has 0 radical (unpaired) electrons. The van der Waals surface area contributed by atoms with Crippen molar-refractivity contribution in [3.63, 3.8) is 0 Å². The van der Waals surface area contributed by atoms with Crippen molar-refractivity contribution in [3.05, 3.63) is 53.1 Å². The van der Waals surface area contributed by atoms with Crippen LogP contribution in [0.25, 0.3) is 0 Å². The van der Waals surface area contributed by atoms with Crippen LogP contribution in [0.1, 0.15) is 23.6 Å². The molecule has 3 rings (SSSR count). The van der Waals surface area contributed by atoms with E-state index in [1.807, 2.05) is 40.9 Å². The molecule has 7 heteroatoms. The minimum atomic E-state index is -3.64. The van der Waals surface area contributed by atoms with Gasteiger partial charge in [-0.2, -0.15) is 5.10 Å². The highest BCUT2D eigenvalue weighted by Gasteiger charge is 2.36. The van der Waals surface area contributed by atoms with Gasteiger partial charge in [0.25, 0.3) is 10.0 Å². The molecule has 1 aliphatic heterocycles. The van der Waals surface area contributed by atoms with Crippen LogP contribution in [0.3, 0.4) is 0 Å². The second kappa shape index (κ2) is 6.88. The normalized spacial score (nSPS) is 19.0. The Kier molecular flexibility index (Phi) is 4.90. The van der Waals surface area contributed by atoms with Gasteiger partial charge < -0.3 is 9.75 Å². The zero-order chi connectivity index (χ0) is 19.8. The molecule has 1 heterocycles.